The monoisotopic (exact) mass is 283 g/mol. The molecule has 0 radical (unpaired) electrons. The number of nitrogens with zero attached hydrogens (tertiary/aromatic N) is 2. The van der Waals surface area contributed by atoms with Crippen LogP contribution in [0.2, 0.25) is 0 Å². The van der Waals surface area contributed by atoms with Crippen LogP contribution in [0.5, 0.6) is 0 Å². The number of benzene rings is 1. The number of rotatable bonds is 2. The molecule has 1 aromatic heterocycles. The SMILES string of the molecule is Cc1ccc(-c2c(C3CCCC3(C)C)nn(C)c2N)cc1. The van der Waals surface area contributed by atoms with Crippen molar-refractivity contribution in [1.29, 1.82) is 0 Å². The number of hydrogen-bond acceptors (Lipinski definition) is 2. The van der Waals surface area contributed by atoms with Gasteiger partial charge in [-0.1, -0.05) is 50.1 Å². The molecule has 112 valence electrons. The first-order valence-corrected chi connectivity index (χ1v) is 7.79. The molecule has 2 aromatic rings. The van der Waals surface area contributed by atoms with Crippen LogP contribution in [0, 0.1) is 12.3 Å². The van der Waals surface area contributed by atoms with Crippen LogP contribution in [0.1, 0.15) is 50.3 Å². The Morgan fingerprint density at radius 3 is 2.48 bits per heavy atom. The van der Waals surface area contributed by atoms with Gasteiger partial charge >= 0.3 is 0 Å². The van der Waals surface area contributed by atoms with Crippen molar-refractivity contribution in [3.05, 3.63) is 35.5 Å². The summed E-state index contributed by atoms with van der Waals surface area (Å²) in [6.45, 7) is 6.82. The van der Waals surface area contributed by atoms with E-state index in [1.165, 1.54) is 36.1 Å². The molecule has 0 bridgehead atoms. The van der Waals surface area contributed by atoms with Gasteiger partial charge in [-0.2, -0.15) is 5.10 Å². The van der Waals surface area contributed by atoms with Crippen LogP contribution < -0.4 is 5.73 Å². The Bertz CT molecular complexity index is 650. The molecule has 1 saturated carbocycles. The topological polar surface area (TPSA) is 43.8 Å². The summed E-state index contributed by atoms with van der Waals surface area (Å²) in [6.07, 6.45) is 3.76. The van der Waals surface area contributed by atoms with Crippen LogP contribution in [-0.4, -0.2) is 9.78 Å². The molecule has 1 aromatic carbocycles. The van der Waals surface area contributed by atoms with Crippen LogP contribution in [0.15, 0.2) is 24.3 Å². The maximum Gasteiger partial charge on any atom is 0.129 e. The molecule has 21 heavy (non-hydrogen) atoms. The van der Waals surface area contributed by atoms with Crippen molar-refractivity contribution in [1.82, 2.24) is 9.78 Å². The van der Waals surface area contributed by atoms with E-state index in [0.717, 1.165) is 11.4 Å². The first-order chi connectivity index (χ1) is 9.90. The smallest absolute Gasteiger partial charge is 0.129 e. The van der Waals surface area contributed by atoms with Gasteiger partial charge in [0.1, 0.15) is 5.82 Å². The lowest BCUT2D eigenvalue weighted by atomic mass is 9.78. The van der Waals surface area contributed by atoms with Gasteiger partial charge in [0.05, 0.1) is 5.69 Å². The number of aromatic nitrogens is 2. The Hall–Kier alpha value is -1.77. The maximum atomic E-state index is 6.33. The van der Waals surface area contributed by atoms with Gasteiger partial charge in [-0.25, -0.2) is 0 Å². The Kier molecular flexibility index (Phi) is 3.31. The van der Waals surface area contributed by atoms with Crippen molar-refractivity contribution in [3.8, 4) is 11.1 Å². The van der Waals surface area contributed by atoms with Gasteiger partial charge in [0.15, 0.2) is 0 Å². The molecule has 0 saturated heterocycles. The fourth-order valence-corrected chi connectivity index (χ4v) is 3.65. The zero-order valence-electron chi connectivity index (χ0n) is 13.5. The third kappa shape index (κ3) is 2.35. The summed E-state index contributed by atoms with van der Waals surface area (Å²) in [5.74, 6) is 1.27. The minimum Gasteiger partial charge on any atom is -0.383 e. The van der Waals surface area contributed by atoms with Gasteiger partial charge in [0, 0.05) is 18.5 Å². The second-order valence-electron chi connectivity index (χ2n) is 7.07. The summed E-state index contributed by atoms with van der Waals surface area (Å²) in [5, 5.41) is 4.78. The van der Waals surface area contributed by atoms with E-state index in [-0.39, 0.29) is 0 Å². The first-order valence-electron chi connectivity index (χ1n) is 7.79. The normalized spacial score (nSPS) is 20.9. The Balaban J connectivity index is 2.14. The number of aryl methyl sites for hydroxylation is 2. The molecule has 1 aliphatic rings. The third-order valence-corrected chi connectivity index (χ3v) is 5.05. The lowest BCUT2D eigenvalue weighted by Crippen LogP contribution is -2.16. The van der Waals surface area contributed by atoms with Crippen LogP contribution >= 0.6 is 0 Å². The average Bonchev–Trinajstić information content (AvgIpc) is 2.91. The highest BCUT2D eigenvalue weighted by Gasteiger charge is 2.39. The molecule has 0 aliphatic heterocycles. The van der Waals surface area contributed by atoms with Crippen molar-refractivity contribution in [2.45, 2.75) is 46.0 Å². The quantitative estimate of drug-likeness (QED) is 0.894. The number of nitrogens with two attached hydrogens (primary N) is 1. The highest BCUT2D eigenvalue weighted by Crippen LogP contribution is 2.51. The zero-order valence-corrected chi connectivity index (χ0v) is 13.5. The van der Waals surface area contributed by atoms with E-state index in [1.54, 1.807) is 0 Å². The molecule has 1 atom stereocenters. The van der Waals surface area contributed by atoms with Crippen LogP contribution in [0.3, 0.4) is 0 Å². The Morgan fingerprint density at radius 2 is 1.90 bits per heavy atom. The number of hydrogen-bond donors (Lipinski definition) is 1. The van der Waals surface area contributed by atoms with Crippen molar-refractivity contribution in [2.24, 2.45) is 12.5 Å². The standard InChI is InChI=1S/C18H25N3/c1-12-7-9-13(10-8-12)15-16(20-21(4)17(15)19)14-6-5-11-18(14,2)3/h7-10,14H,5-6,11,19H2,1-4H3. The van der Waals surface area contributed by atoms with E-state index in [2.05, 4.69) is 45.0 Å². The van der Waals surface area contributed by atoms with E-state index in [4.69, 9.17) is 10.8 Å². The minimum absolute atomic E-state index is 0.306. The van der Waals surface area contributed by atoms with Gasteiger partial charge in [-0.15, -0.1) is 0 Å². The summed E-state index contributed by atoms with van der Waals surface area (Å²) in [5.41, 5.74) is 11.4. The van der Waals surface area contributed by atoms with E-state index in [0.29, 0.717) is 11.3 Å². The zero-order chi connectivity index (χ0) is 15.2. The van der Waals surface area contributed by atoms with Gasteiger partial charge < -0.3 is 5.73 Å². The average molecular weight is 283 g/mol. The fraction of sp³-hybridized carbons (Fsp3) is 0.500. The van der Waals surface area contributed by atoms with Gasteiger partial charge in [0.25, 0.3) is 0 Å². The molecule has 1 aliphatic carbocycles. The molecule has 3 nitrogen and oxygen atoms in total. The number of anilines is 1. The van der Waals surface area contributed by atoms with Crippen LogP contribution in [0.4, 0.5) is 5.82 Å². The second kappa shape index (κ2) is 4.90. The van der Waals surface area contributed by atoms with Crippen molar-refractivity contribution in [2.75, 3.05) is 5.73 Å². The molecular weight excluding hydrogens is 258 g/mol. The van der Waals surface area contributed by atoms with Crippen LogP contribution in [-0.2, 0) is 7.05 Å². The molecular formula is C18H25N3. The largest absolute Gasteiger partial charge is 0.383 e. The van der Waals surface area contributed by atoms with Crippen molar-refractivity contribution < 1.29 is 0 Å². The fourth-order valence-electron chi connectivity index (χ4n) is 3.65. The lowest BCUT2D eigenvalue weighted by Gasteiger charge is -2.26. The Morgan fingerprint density at radius 1 is 1.24 bits per heavy atom. The predicted molar refractivity (Wildman–Crippen MR) is 88.2 cm³/mol. The van der Waals surface area contributed by atoms with E-state index in [9.17, 15) is 0 Å². The van der Waals surface area contributed by atoms with Crippen LogP contribution in [0.25, 0.3) is 11.1 Å². The summed E-state index contributed by atoms with van der Waals surface area (Å²) < 4.78 is 1.83. The number of nitrogen functional groups attached to an aromatic ring is 1. The summed E-state index contributed by atoms with van der Waals surface area (Å²) in [6, 6.07) is 8.61. The Labute approximate surface area is 127 Å². The highest BCUT2D eigenvalue weighted by atomic mass is 15.3. The second-order valence-corrected chi connectivity index (χ2v) is 7.07. The van der Waals surface area contributed by atoms with E-state index < -0.39 is 0 Å². The van der Waals surface area contributed by atoms with Crippen molar-refractivity contribution in [3.63, 3.8) is 0 Å². The molecule has 2 N–H and O–H groups in total. The van der Waals surface area contributed by atoms with E-state index in [1.807, 2.05) is 11.7 Å². The van der Waals surface area contributed by atoms with Gasteiger partial charge in [-0.3, -0.25) is 4.68 Å². The molecule has 3 heteroatoms. The first kappa shape index (κ1) is 14.2. The lowest BCUT2D eigenvalue weighted by molar-refractivity contribution is 0.326. The molecule has 1 fully saturated rings. The molecule has 1 heterocycles. The predicted octanol–water partition coefficient (Wildman–Crippen LogP) is 4.27. The molecule has 0 amide bonds. The molecule has 0 spiro atoms. The summed E-state index contributed by atoms with van der Waals surface area (Å²) in [7, 11) is 1.94. The molecule has 1 unspecified atom stereocenters. The van der Waals surface area contributed by atoms with Crippen molar-refractivity contribution >= 4 is 5.82 Å². The highest BCUT2D eigenvalue weighted by molar-refractivity contribution is 5.77. The maximum absolute atomic E-state index is 6.33. The van der Waals surface area contributed by atoms with Gasteiger partial charge in [-0.05, 0) is 30.7 Å². The van der Waals surface area contributed by atoms with E-state index >= 15 is 0 Å². The molecule has 3 rings (SSSR count). The minimum atomic E-state index is 0.306. The van der Waals surface area contributed by atoms with Gasteiger partial charge in [0.2, 0.25) is 0 Å². The third-order valence-electron chi connectivity index (χ3n) is 5.05. The summed E-state index contributed by atoms with van der Waals surface area (Å²) >= 11 is 0. The summed E-state index contributed by atoms with van der Waals surface area (Å²) in [4.78, 5) is 0.